The summed E-state index contributed by atoms with van der Waals surface area (Å²) >= 11 is 6.30. The number of hydrogen-bond acceptors (Lipinski definition) is 3. The molecule has 18 heavy (non-hydrogen) atoms. The van der Waals surface area contributed by atoms with Crippen molar-refractivity contribution in [3.63, 3.8) is 0 Å². The van der Waals surface area contributed by atoms with E-state index in [0.29, 0.717) is 18.2 Å². The molecule has 1 aliphatic heterocycles. The molecule has 0 amide bonds. The molecule has 0 radical (unpaired) electrons. The van der Waals surface area contributed by atoms with Crippen LogP contribution in [0, 0.1) is 5.41 Å². The number of ether oxygens (including phenoxy) is 2. The second kappa shape index (κ2) is 3.97. The minimum absolute atomic E-state index is 0.134. The smallest absolute Gasteiger partial charge is 0.312 e. The Hall–Kier alpha value is -1.06. The van der Waals surface area contributed by atoms with Gasteiger partial charge in [-0.1, -0.05) is 29.8 Å². The molecule has 0 bridgehead atoms. The maximum atomic E-state index is 12.1. The predicted octanol–water partition coefficient (Wildman–Crippen LogP) is 2.56. The molecule has 1 saturated carbocycles. The Balaban J connectivity index is 2.07. The van der Waals surface area contributed by atoms with E-state index >= 15 is 0 Å². The van der Waals surface area contributed by atoms with Crippen molar-refractivity contribution in [1.29, 1.82) is 0 Å². The van der Waals surface area contributed by atoms with Crippen molar-refractivity contribution in [2.75, 3.05) is 20.3 Å². The van der Waals surface area contributed by atoms with Crippen molar-refractivity contribution in [1.82, 2.24) is 0 Å². The molecule has 2 fully saturated rings. The van der Waals surface area contributed by atoms with E-state index < -0.39 is 5.41 Å². The average molecular weight is 267 g/mol. The van der Waals surface area contributed by atoms with Crippen LogP contribution in [0.4, 0.5) is 0 Å². The molecule has 1 heterocycles. The number of hydrogen-bond donors (Lipinski definition) is 0. The SMILES string of the molecule is COC(=O)C1(C2(c3ccccc3Cl)COC2)CC1. The third kappa shape index (κ3) is 1.38. The number of rotatable bonds is 3. The summed E-state index contributed by atoms with van der Waals surface area (Å²) in [5, 5.41) is 0.705. The first-order chi connectivity index (χ1) is 8.66. The van der Waals surface area contributed by atoms with Crippen LogP contribution in [0.15, 0.2) is 24.3 Å². The number of benzene rings is 1. The van der Waals surface area contributed by atoms with Crippen molar-refractivity contribution < 1.29 is 14.3 Å². The lowest BCUT2D eigenvalue weighted by Crippen LogP contribution is -2.56. The number of methoxy groups -OCH3 is 1. The van der Waals surface area contributed by atoms with Gasteiger partial charge >= 0.3 is 5.97 Å². The van der Waals surface area contributed by atoms with Crippen LogP contribution in [-0.4, -0.2) is 26.3 Å². The topological polar surface area (TPSA) is 35.5 Å². The zero-order valence-corrected chi connectivity index (χ0v) is 11.0. The Kier molecular flexibility index (Phi) is 2.65. The highest BCUT2D eigenvalue weighted by molar-refractivity contribution is 6.31. The van der Waals surface area contributed by atoms with Crippen molar-refractivity contribution in [2.45, 2.75) is 18.3 Å². The van der Waals surface area contributed by atoms with Crippen LogP contribution in [0.25, 0.3) is 0 Å². The summed E-state index contributed by atoms with van der Waals surface area (Å²) in [5.74, 6) is -0.134. The Labute approximate surface area is 111 Å². The molecule has 0 atom stereocenters. The van der Waals surface area contributed by atoms with Gasteiger partial charge in [-0.15, -0.1) is 0 Å². The number of carbonyl (C=O) groups excluding carboxylic acids is 1. The summed E-state index contributed by atoms with van der Waals surface area (Å²) in [6, 6.07) is 7.71. The van der Waals surface area contributed by atoms with E-state index in [9.17, 15) is 4.79 Å². The maximum absolute atomic E-state index is 12.1. The lowest BCUT2D eigenvalue weighted by atomic mass is 9.66. The van der Waals surface area contributed by atoms with Crippen molar-refractivity contribution >= 4 is 17.6 Å². The van der Waals surface area contributed by atoms with Gasteiger partial charge in [-0.25, -0.2) is 0 Å². The second-order valence-corrected chi connectivity index (χ2v) is 5.54. The van der Waals surface area contributed by atoms with Crippen LogP contribution in [-0.2, 0) is 19.7 Å². The van der Waals surface area contributed by atoms with E-state index in [0.717, 1.165) is 18.4 Å². The molecule has 1 aromatic rings. The van der Waals surface area contributed by atoms with Gasteiger partial charge < -0.3 is 9.47 Å². The van der Waals surface area contributed by atoms with Gasteiger partial charge in [0, 0.05) is 5.02 Å². The first-order valence-electron chi connectivity index (χ1n) is 6.07. The monoisotopic (exact) mass is 266 g/mol. The second-order valence-electron chi connectivity index (χ2n) is 5.13. The number of halogens is 1. The number of carbonyl (C=O) groups is 1. The van der Waals surface area contributed by atoms with Crippen molar-refractivity contribution in [2.24, 2.45) is 5.41 Å². The molecule has 96 valence electrons. The molecule has 3 nitrogen and oxygen atoms in total. The summed E-state index contributed by atoms with van der Waals surface area (Å²) in [6.07, 6.45) is 1.71. The molecule has 0 unspecified atom stereocenters. The summed E-state index contributed by atoms with van der Waals surface area (Å²) in [5.41, 5.74) is 0.296. The fourth-order valence-electron chi connectivity index (χ4n) is 3.04. The van der Waals surface area contributed by atoms with Crippen molar-refractivity contribution in [3.8, 4) is 0 Å². The summed E-state index contributed by atoms with van der Waals surface area (Å²) in [7, 11) is 1.45. The maximum Gasteiger partial charge on any atom is 0.312 e. The number of esters is 1. The lowest BCUT2D eigenvalue weighted by molar-refractivity contribution is -0.164. The van der Waals surface area contributed by atoms with Gasteiger partial charge in [0.15, 0.2) is 0 Å². The van der Waals surface area contributed by atoms with Gasteiger partial charge in [0.2, 0.25) is 0 Å². The summed E-state index contributed by atoms with van der Waals surface area (Å²) in [6.45, 7) is 1.09. The van der Waals surface area contributed by atoms with E-state index in [1.165, 1.54) is 7.11 Å². The molecular weight excluding hydrogens is 252 g/mol. The van der Waals surface area contributed by atoms with Crippen LogP contribution in [0.1, 0.15) is 18.4 Å². The minimum atomic E-state index is -0.426. The molecule has 2 aliphatic rings. The van der Waals surface area contributed by atoms with E-state index in [1.807, 2.05) is 24.3 Å². The Bertz CT molecular complexity index is 490. The summed E-state index contributed by atoms with van der Waals surface area (Å²) in [4.78, 5) is 12.1. The van der Waals surface area contributed by atoms with E-state index in [2.05, 4.69) is 0 Å². The van der Waals surface area contributed by atoms with Gasteiger partial charge in [0.1, 0.15) is 0 Å². The average Bonchev–Trinajstić information content (AvgIpc) is 3.11. The van der Waals surface area contributed by atoms with Gasteiger partial charge in [-0.2, -0.15) is 0 Å². The molecule has 0 spiro atoms. The standard InChI is InChI=1S/C14H15ClO3/c1-17-12(16)13(6-7-13)14(8-18-9-14)10-4-2-3-5-11(10)15/h2-5H,6-9H2,1H3. The van der Waals surface area contributed by atoms with Crippen LogP contribution in [0.3, 0.4) is 0 Å². The predicted molar refractivity (Wildman–Crippen MR) is 67.6 cm³/mol. The normalized spacial score (nSPS) is 23.0. The molecular formula is C14H15ClO3. The third-order valence-electron chi connectivity index (χ3n) is 4.33. The third-order valence-corrected chi connectivity index (χ3v) is 4.66. The fourth-order valence-corrected chi connectivity index (χ4v) is 3.36. The lowest BCUT2D eigenvalue weighted by Gasteiger charge is -2.47. The van der Waals surface area contributed by atoms with Crippen LogP contribution >= 0.6 is 11.6 Å². The highest BCUT2D eigenvalue weighted by atomic mass is 35.5. The molecule has 0 aromatic heterocycles. The van der Waals surface area contributed by atoms with E-state index in [-0.39, 0.29) is 11.4 Å². The van der Waals surface area contributed by atoms with Crippen LogP contribution < -0.4 is 0 Å². The zero-order chi connectivity index (χ0) is 12.8. The van der Waals surface area contributed by atoms with E-state index in [1.54, 1.807) is 0 Å². The van der Waals surface area contributed by atoms with Crippen LogP contribution in [0.5, 0.6) is 0 Å². The fraction of sp³-hybridized carbons (Fsp3) is 0.500. The first kappa shape index (κ1) is 12.0. The minimum Gasteiger partial charge on any atom is -0.469 e. The van der Waals surface area contributed by atoms with Gasteiger partial charge in [0.25, 0.3) is 0 Å². The quantitative estimate of drug-likeness (QED) is 0.789. The highest BCUT2D eigenvalue weighted by Crippen LogP contribution is 2.63. The Morgan fingerprint density at radius 2 is 2.00 bits per heavy atom. The first-order valence-corrected chi connectivity index (χ1v) is 6.45. The van der Waals surface area contributed by atoms with Gasteiger partial charge in [-0.05, 0) is 24.5 Å². The molecule has 1 aliphatic carbocycles. The van der Waals surface area contributed by atoms with Crippen molar-refractivity contribution in [3.05, 3.63) is 34.9 Å². The van der Waals surface area contributed by atoms with E-state index in [4.69, 9.17) is 21.1 Å². The molecule has 4 heteroatoms. The molecule has 0 N–H and O–H groups in total. The molecule has 3 rings (SSSR count). The van der Waals surface area contributed by atoms with Crippen LogP contribution in [0.2, 0.25) is 5.02 Å². The van der Waals surface area contributed by atoms with Gasteiger partial charge in [0.05, 0.1) is 31.2 Å². The van der Waals surface area contributed by atoms with Gasteiger partial charge in [-0.3, -0.25) is 4.79 Å². The largest absolute Gasteiger partial charge is 0.469 e. The highest BCUT2D eigenvalue weighted by Gasteiger charge is 2.69. The zero-order valence-electron chi connectivity index (χ0n) is 10.2. The Morgan fingerprint density at radius 1 is 1.33 bits per heavy atom. The molecule has 1 aromatic carbocycles. The summed E-state index contributed by atoms with van der Waals surface area (Å²) < 4.78 is 10.4. The Morgan fingerprint density at radius 3 is 2.44 bits per heavy atom. The molecule has 1 saturated heterocycles.